The van der Waals surface area contributed by atoms with Gasteiger partial charge in [0, 0.05) is 17.7 Å². The van der Waals surface area contributed by atoms with E-state index in [0.29, 0.717) is 12.1 Å². The fourth-order valence-corrected chi connectivity index (χ4v) is 1.95. The molecule has 100 valence electrons. The van der Waals surface area contributed by atoms with Crippen molar-refractivity contribution in [2.45, 2.75) is 6.10 Å². The van der Waals surface area contributed by atoms with Gasteiger partial charge in [0.2, 0.25) is 0 Å². The van der Waals surface area contributed by atoms with Gasteiger partial charge in [-0.15, -0.1) is 0 Å². The maximum absolute atomic E-state index is 13.8. The van der Waals surface area contributed by atoms with Crippen LogP contribution in [0.4, 0.5) is 8.78 Å². The van der Waals surface area contributed by atoms with Crippen LogP contribution in [0.25, 0.3) is 11.1 Å². The number of aliphatic hydroxyl groups excluding tert-OH is 1. The summed E-state index contributed by atoms with van der Waals surface area (Å²) in [5.41, 5.74) is 0.901. The molecular formula is C15H15F2NO. The van der Waals surface area contributed by atoms with Crippen LogP contribution in [0.5, 0.6) is 0 Å². The molecule has 1 atom stereocenters. The first-order valence-electron chi connectivity index (χ1n) is 6.00. The van der Waals surface area contributed by atoms with Gasteiger partial charge in [0.05, 0.1) is 6.10 Å². The van der Waals surface area contributed by atoms with Gasteiger partial charge in [0.15, 0.2) is 0 Å². The molecular weight excluding hydrogens is 248 g/mol. The molecule has 2 rings (SSSR count). The van der Waals surface area contributed by atoms with Gasteiger partial charge in [-0.1, -0.05) is 24.3 Å². The normalized spacial score (nSPS) is 12.4. The van der Waals surface area contributed by atoms with E-state index in [1.807, 2.05) is 0 Å². The summed E-state index contributed by atoms with van der Waals surface area (Å²) in [5, 5.41) is 12.7. The molecule has 2 N–H and O–H groups in total. The second-order valence-electron chi connectivity index (χ2n) is 4.29. The molecule has 0 aliphatic carbocycles. The first-order chi connectivity index (χ1) is 9.13. The predicted molar refractivity (Wildman–Crippen MR) is 70.7 cm³/mol. The summed E-state index contributed by atoms with van der Waals surface area (Å²) in [4.78, 5) is 0. The lowest BCUT2D eigenvalue weighted by Crippen LogP contribution is -2.16. The van der Waals surface area contributed by atoms with Gasteiger partial charge in [-0.25, -0.2) is 8.78 Å². The third-order valence-electron chi connectivity index (χ3n) is 2.94. The molecule has 0 aliphatic rings. The summed E-state index contributed by atoms with van der Waals surface area (Å²) in [6.07, 6.45) is -0.754. The zero-order chi connectivity index (χ0) is 13.8. The van der Waals surface area contributed by atoms with E-state index in [1.54, 1.807) is 19.2 Å². The number of halogens is 2. The molecule has 2 aromatic carbocycles. The van der Waals surface area contributed by atoms with Crippen molar-refractivity contribution in [3.05, 3.63) is 59.7 Å². The molecule has 4 heteroatoms. The third kappa shape index (κ3) is 2.97. The first kappa shape index (κ1) is 13.6. The van der Waals surface area contributed by atoms with Crippen molar-refractivity contribution in [1.82, 2.24) is 5.32 Å². The maximum atomic E-state index is 13.8. The molecule has 0 aromatic heterocycles. The average Bonchev–Trinajstić information content (AvgIpc) is 2.40. The standard InChI is InChI=1S/C15H15F2NO/c1-18-9-15(19)10-6-7-14(17)12(8-10)11-4-2-3-5-13(11)16/h2-8,15,18-19H,9H2,1H3. The molecule has 1 unspecified atom stereocenters. The zero-order valence-corrected chi connectivity index (χ0v) is 10.5. The van der Waals surface area contributed by atoms with Crippen LogP contribution in [0.3, 0.4) is 0 Å². The van der Waals surface area contributed by atoms with Crippen LogP contribution < -0.4 is 5.32 Å². The molecule has 19 heavy (non-hydrogen) atoms. The highest BCUT2D eigenvalue weighted by molar-refractivity contribution is 5.65. The van der Waals surface area contributed by atoms with Gasteiger partial charge in [0.25, 0.3) is 0 Å². The number of aliphatic hydroxyl groups is 1. The Morgan fingerprint density at radius 2 is 1.74 bits per heavy atom. The summed E-state index contributed by atoms with van der Waals surface area (Å²) < 4.78 is 27.5. The van der Waals surface area contributed by atoms with Crippen LogP contribution in [0.2, 0.25) is 0 Å². The Kier molecular flexibility index (Phi) is 4.24. The third-order valence-corrected chi connectivity index (χ3v) is 2.94. The quantitative estimate of drug-likeness (QED) is 0.889. The highest BCUT2D eigenvalue weighted by Gasteiger charge is 2.13. The van der Waals surface area contributed by atoms with E-state index in [4.69, 9.17) is 0 Å². The van der Waals surface area contributed by atoms with Gasteiger partial charge >= 0.3 is 0 Å². The van der Waals surface area contributed by atoms with Crippen molar-refractivity contribution >= 4 is 0 Å². The Morgan fingerprint density at radius 1 is 1.05 bits per heavy atom. The molecule has 0 aliphatic heterocycles. The summed E-state index contributed by atoms with van der Waals surface area (Å²) in [6.45, 7) is 0.350. The predicted octanol–water partition coefficient (Wildman–Crippen LogP) is 2.88. The molecule has 0 saturated heterocycles. The summed E-state index contributed by atoms with van der Waals surface area (Å²) in [7, 11) is 1.71. The Balaban J connectivity index is 2.46. The number of hydrogen-bond acceptors (Lipinski definition) is 2. The van der Waals surface area contributed by atoms with Crippen molar-refractivity contribution in [3.63, 3.8) is 0 Å². The van der Waals surface area contributed by atoms with Gasteiger partial charge < -0.3 is 10.4 Å². The Labute approximate surface area is 110 Å². The van der Waals surface area contributed by atoms with Gasteiger partial charge in [-0.2, -0.15) is 0 Å². The van der Waals surface area contributed by atoms with Crippen molar-refractivity contribution in [2.24, 2.45) is 0 Å². The molecule has 0 heterocycles. The van der Waals surface area contributed by atoms with Gasteiger partial charge in [0.1, 0.15) is 11.6 Å². The smallest absolute Gasteiger partial charge is 0.131 e. The lowest BCUT2D eigenvalue weighted by Gasteiger charge is -2.13. The van der Waals surface area contributed by atoms with E-state index in [0.717, 1.165) is 0 Å². The summed E-state index contributed by atoms with van der Waals surface area (Å²) in [6, 6.07) is 10.2. The number of nitrogens with one attached hydrogen (secondary N) is 1. The Bertz CT molecular complexity index is 572. The molecule has 0 amide bonds. The molecule has 2 aromatic rings. The summed E-state index contributed by atoms with van der Waals surface area (Å²) in [5.74, 6) is -0.993. The zero-order valence-electron chi connectivity index (χ0n) is 10.5. The van der Waals surface area contributed by atoms with Gasteiger partial charge in [-0.3, -0.25) is 0 Å². The largest absolute Gasteiger partial charge is 0.387 e. The Morgan fingerprint density at radius 3 is 2.42 bits per heavy atom. The SMILES string of the molecule is CNCC(O)c1ccc(F)c(-c2ccccc2F)c1. The monoisotopic (exact) mass is 263 g/mol. The number of likely N-dealkylation sites (N-methyl/N-ethyl adjacent to an activating group) is 1. The highest BCUT2D eigenvalue weighted by atomic mass is 19.1. The summed E-state index contributed by atoms with van der Waals surface area (Å²) >= 11 is 0. The number of hydrogen-bond donors (Lipinski definition) is 2. The molecule has 0 fully saturated rings. The fourth-order valence-electron chi connectivity index (χ4n) is 1.95. The van der Waals surface area contributed by atoms with Gasteiger partial charge in [-0.05, 0) is 30.8 Å². The van der Waals surface area contributed by atoms with E-state index in [1.165, 1.54) is 30.3 Å². The van der Waals surface area contributed by atoms with Crippen molar-refractivity contribution < 1.29 is 13.9 Å². The van der Waals surface area contributed by atoms with Crippen molar-refractivity contribution in [3.8, 4) is 11.1 Å². The first-order valence-corrected chi connectivity index (χ1v) is 6.00. The van der Waals surface area contributed by atoms with E-state index in [2.05, 4.69) is 5.32 Å². The van der Waals surface area contributed by atoms with Crippen LogP contribution in [0.1, 0.15) is 11.7 Å². The minimum atomic E-state index is -0.754. The van der Waals surface area contributed by atoms with Crippen LogP contribution in [-0.2, 0) is 0 Å². The van der Waals surface area contributed by atoms with Crippen molar-refractivity contribution in [2.75, 3.05) is 13.6 Å². The van der Waals surface area contributed by atoms with E-state index in [9.17, 15) is 13.9 Å². The lowest BCUT2D eigenvalue weighted by atomic mass is 9.99. The topological polar surface area (TPSA) is 32.3 Å². The van der Waals surface area contributed by atoms with Crippen LogP contribution in [-0.4, -0.2) is 18.7 Å². The molecule has 2 nitrogen and oxygen atoms in total. The number of benzene rings is 2. The minimum Gasteiger partial charge on any atom is -0.387 e. The Hall–Kier alpha value is -1.78. The van der Waals surface area contributed by atoms with Crippen molar-refractivity contribution in [1.29, 1.82) is 0 Å². The highest BCUT2D eigenvalue weighted by Crippen LogP contribution is 2.28. The molecule has 0 saturated carbocycles. The van der Waals surface area contributed by atoms with E-state index in [-0.39, 0.29) is 11.1 Å². The van der Waals surface area contributed by atoms with Crippen LogP contribution in [0.15, 0.2) is 42.5 Å². The van der Waals surface area contributed by atoms with Crippen LogP contribution >= 0.6 is 0 Å². The second-order valence-corrected chi connectivity index (χ2v) is 4.29. The fraction of sp³-hybridized carbons (Fsp3) is 0.200. The second kappa shape index (κ2) is 5.91. The van der Waals surface area contributed by atoms with E-state index >= 15 is 0 Å². The number of rotatable bonds is 4. The lowest BCUT2D eigenvalue weighted by molar-refractivity contribution is 0.177. The molecule has 0 bridgehead atoms. The minimum absolute atomic E-state index is 0.158. The molecule has 0 radical (unpaired) electrons. The maximum Gasteiger partial charge on any atom is 0.131 e. The molecule has 0 spiro atoms. The van der Waals surface area contributed by atoms with Crippen LogP contribution in [0, 0.1) is 11.6 Å². The average molecular weight is 263 g/mol. The van der Waals surface area contributed by atoms with E-state index < -0.39 is 17.7 Å².